The first-order valence-corrected chi connectivity index (χ1v) is 4.98. The summed E-state index contributed by atoms with van der Waals surface area (Å²) in [7, 11) is 0. The Hall–Kier alpha value is -1.20. The van der Waals surface area contributed by atoms with Gasteiger partial charge in [0.05, 0.1) is 5.69 Å². The lowest BCUT2D eigenvalue weighted by Crippen LogP contribution is -2.42. The molecule has 3 nitrogen and oxygen atoms in total. The van der Waals surface area contributed by atoms with Gasteiger partial charge in [0.2, 0.25) is 0 Å². The maximum Gasteiger partial charge on any atom is 0.185 e. The van der Waals surface area contributed by atoms with E-state index in [1.807, 2.05) is 13.8 Å². The van der Waals surface area contributed by atoms with Gasteiger partial charge in [0.15, 0.2) is 5.11 Å². The molecule has 0 atom stereocenters. The zero-order valence-electron chi connectivity index (χ0n) is 8.70. The second-order valence-corrected chi connectivity index (χ2v) is 3.98. The minimum atomic E-state index is -0.293. The van der Waals surface area contributed by atoms with E-state index in [0.717, 1.165) is 5.56 Å². The predicted molar refractivity (Wildman–Crippen MR) is 63.9 cm³/mol. The minimum absolute atomic E-state index is 0.0588. The molecule has 0 spiro atoms. The number of benzene rings is 1. The first-order valence-electron chi connectivity index (χ1n) is 4.57. The van der Waals surface area contributed by atoms with Gasteiger partial charge in [-0.05, 0) is 41.9 Å². The third-order valence-corrected chi connectivity index (χ3v) is 2.31. The minimum Gasteiger partial charge on any atom is -0.375 e. The normalized spacial score (nSPS) is 10.5. The third kappa shape index (κ3) is 2.64. The van der Waals surface area contributed by atoms with E-state index in [1.165, 1.54) is 17.1 Å². The van der Waals surface area contributed by atoms with Crippen LogP contribution in [0.1, 0.15) is 25.3 Å². The zero-order chi connectivity index (χ0) is 11.6. The highest BCUT2D eigenvalue weighted by atomic mass is 32.1. The molecule has 1 aromatic carbocycles. The van der Waals surface area contributed by atoms with E-state index in [0.29, 0.717) is 5.69 Å². The number of hydrazine groups is 1. The van der Waals surface area contributed by atoms with Crippen molar-refractivity contribution in [2.75, 3.05) is 5.01 Å². The Labute approximate surface area is 93.8 Å². The maximum atomic E-state index is 13.0. The van der Waals surface area contributed by atoms with Crippen molar-refractivity contribution in [2.45, 2.75) is 19.8 Å². The van der Waals surface area contributed by atoms with Gasteiger partial charge >= 0.3 is 0 Å². The lowest BCUT2D eigenvalue weighted by molar-refractivity contribution is 0.623. The van der Waals surface area contributed by atoms with Crippen LogP contribution >= 0.6 is 12.2 Å². The quantitative estimate of drug-likeness (QED) is 0.460. The average molecular weight is 227 g/mol. The van der Waals surface area contributed by atoms with Crippen LogP contribution in [0.5, 0.6) is 0 Å². The number of nitrogens with zero attached hydrogens (tertiary/aromatic N) is 1. The topological polar surface area (TPSA) is 55.3 Å². The molecule has 0 saturated carbocycles. The molecule has 4 N–H and O–H groups in total. The van der Waals surface area contributed by atoms with Gasteiger partial charge in [0, 0.05) is 0 Å². The molecule has 0 amide bonds. The average Bonchev–Trinajstić information content (AvgIpc) is 2.16. The molecule has 1 rings (SSSR count). The van der Waals surface area contributed by atoms with Crippen molar-refractivity contribution < 1.29 is 4.39 Å². The molecule has 0 unspecified atom stereocenters. The highest BCUT2D eigenvalue weighted by molar-refractivity contribution is 7.80. The van der Waals surface area contributed by atoms with Gasteiger partial charge in [-0.25, -0.2) is 10.2 Å². The van der Waals surface area contributed by atoms with Crippen LogP contribution in [-0.4, -0.2) is 5.11 Å². The molecule has 15 heavy (non-hydrogen) atoms. The molecule has 1 aromatic rings. The molecule has 0 fully saturated rings. The molecule has 0 heterocycles. The zero-order valence-corrected chi connectivity index (χ0v) is 9.51. The molecule has 0 aromatic heterocycles. The maximum absolute atomic E-state index is 13.0. The number of hydrogen-bond donors (Lipinski definition) is 2. The first kappa shape index (κ1) is 11.9. The summed E-state index contributed by atoms with van der Waals surface area (Å²) in [6.07, 6.45) is 0. The molecule has 0 bridgehead atoms. The SMILES string of the molecule is CC(C)c1cc(F)ccc1N(N)C(N)=S. The lowest BCUT2D eigenvalue weighted by atomic mass is 10.0. The fourth-order valence-electron chi connectivity index (χ4n) is 1.33. The Morgan fingerprint density at radius 2 is 2.07 bits per heavy atom. The van der Waals surface area contributed by atoms with Gasteiger partial charge in [-0.3, -0.25) is 5.01 Å². The van der Waals surface area contributed by atoms with Crippen molar-refractivity contribution in [1.29, 1.82) is 0 Å². The Morgan fingerprint density at radius 1 is 1.47 bits per heavy atom. The Morgan fingerprint density at radius 3 is 2.53 bits per heavy atom. The molecule has 0 aliphatic heterocycles. The monoisotopic (exact) mass is 227 g/mol. The number of nitrogens with two attached hydrogens (primary N) is 2. The molecule has 0 radical (unpaired) electrons. The summed E-state index contributed by atoms with van der Waals surface area (Å²) < 4.78 is 13.0. The van der Waals surface area contributed by atoms with Crippen LogP contribution < -0.4 is 16.6 Å². The van der Waals surface area contributed by atoms with Crippen molar-refractivity contribution in [3.05, 3.63) is 29.6 Å². The summed E-state index contributed by atoms with van der Waals surface area (Å²) in [6.45, 7) is 3.90. The van der Waals surface area contributed by atoms with E-state index in [-0.39, 0.29) is 16.8 Å². The fourth-order valence-corrected chi connectivity index (χ4v) is 1.42. The van der Waals surface area contributed by atoms with Gasteiger partial charge in [-0.1, -0.05) is 13.8 Å². The van der Waals surface area contributed by atoms with Gasteiger partial charge < -0.3 is 5.73 Å². The number of anilines is 1. The summed E-state index contributed by atoms with van der Waals surface area (Å²) in [5.74, 6) is 5.53. The largest absolute Gasteiger partial charge is 0.375 e. The Bertz CT molecular complexity index is 379. The lowest BCUT2D eigenvalue weighted by Gasteiger charge is -2.21. The fraction of sp³-hybridized carbons (Fsp3) is 0.300. The second kappa shape index (κ2) is 4.55. The van der Waals surface area contributed by atoms with Crippen LogP contribution in [0, 0.1) is 5.82 Å². The van der Waals surface area contributed by atoms with Crippen molar-refractivity contribution in [3.63, 3.8) is 0 Å². The van der Waals surface area contributed by atoms with Crippen molar-refractivity contribution in [2.24, 2.45) is 11.6 Å². The first-order chi connectivity index (χ1) is 6.93. The predicted octanol–water partition coefficient (Wildman–Crippen LogP) is 1.87. The van der Waals surface area contributed by atoms with Crippen molar-refractivity contribution in [1.82, 2.24) is 0 Å². The third-order valence-electron chi connectivity index (χ3n) is 2.11. The summed E-state index contributed by atoms with van der Waals surface area (Å²) in [4.78, 5) is 0. The highest BCUT2D eigenvalue weighted by Gasteiger charge is 2.13. The molecular weight excluding hydrogens is 213 g/mol. The number of rotatable bonds is 2. The second-order valence-electron chi connectivity index (χ2n) is 3.57. The molecule has 82 valence electrons. The van der Waals surface area contributed by atoms with Crippen LogP contribution in [0.25, 0.3) is 0 Å². The van der Waals surface area contributed by atoms with Crippen LogP contribution in [0.15, 0.2) is 18.2 Å². The van der Waals surface area contributed by atoms with E-state index in [2.05, 4.69) is 0 Å². The van der Waals surface area contributed by atoms with Crippen LogP contribution in [0.3, 0.4) is 0 Å². The van der Waals surface area contributed by atoms with E-state index in [9.17, 15) is 4.39 Å². The number of hydrogen-bond acceptors (Lipinski definition) is 2. The van der Waals surface area contributed by atoms with Crippen molar-refractivity contribution >= 4 is 23.0 Å². The van der Waals surface area contributed by atoms with Gasteiger partial charge in [0.1, 0.15) is 5.82 Å². The number of thiocarbonyl (C=S) groups is 1. The van der Waals surface area contributed by atoms with E-state index in [4.69, 9.17) is 23.8 Å². The van der Waals surface area contributed by atoms with Gasteiger partial charge in [-0.2, -0.15) is 0 Å². The van der Waals surface area contributed by atoms with Gasteiger partial charge in [0.25, 0.3) is 0 Å². The number of halogens is 1. The van der Waals surface area contributed by atoms with Crippen LogP contribution in [0.2, 0.25) is 0 Å². The molecular formula is C10H14FN3S. The molecule has 5 heteroatoms. The summed E-state index contributed by atoms with van der Waals surface area (Å²) in [5, 5.41) is 1.24. The molecule has 0 saturated heterocycles. The van der Waals surface area contributed by atoms with Crippen LogP contribution in [-0.2, 0) is 0 Å². The van der Waals surface area contributed by atoms with Crippen LogP contribution in [0.4, 0.5) is 10.1 Å². The summed E-state index contributed by atoms with van der Waals surface area (Å²) >= 11 is 4.76. The molecule has 0 aliphatic carbocycles. The summed E-state index contributed by atoms with van der Waals surface area (Å²) in [5.41, 5.74) is 6.83. The van der Waals surface area contributed by atoms with E-state index in [1.54, 1.807) is 6.07 Å². The molecule has 0 aliphatic rings. The highest BCUT2D eigenvalue weighted by Crippen LogP contribution is 2.26. The van der Waals surface area contributed by atoms with Crippen molar-refractivity contribution in [3.8, 4) is 0 Å². The summed E-state index contributed by atoms with van der Waals surface area (Å²) in [6, 6.07) is 4.35. The van der Waals surface area contributed by atoms with E-state index >= 15 is 0 Å². The Balaban J connectivity index is 3.22. The standard InChI is InChI=1S/C10H14FN3S/c1-6(2)8-5-7(11)3-4-9(8)14(13)10(12)15/h3-6H,13H2,1-2H3,(H2,12,15). The smallest absolute Gasteiger partial charge is 0.185 e. The van der Waals surface area contributed by atoms with E-state index < -0.39 is 0 Å². The van der Waals surface area contributed by atoms with Gasteiger partial charge in [-0.15, -0.1) is 0 Å². The Kier molecular flexibility index (Phi) is 3.60.